The first-order valence-corrected chi connectivity index (χ1v) is 9.35. The van der Waals surface area contributed by atoms with Crippen molar-refractivity contribution in [1.82, 2.24) is 0 Å². The normalized spacial score (nSPS) is 14.5. The smallest absolute Gasteiger partial charge is 0.330 e. The van der Waals surface area contributed by atoms with E-state index in [2.05, 4.69) is 0 Å². The van der Waals surface area contributed by atoms with Crippen molar-refractivity contribution in [3.05, 3.63) is 36.5 Å². The van der Waals surface area contributed by atoms with Gasteiger partial charge in [0.15, 0.2) is 0 Å². The van der Waals surface area contributed by atoms with Crippen LogP contribution in [0.4, 0.5) is 0 Å². The first-order valence-electron chi connectivity index (χ1n) is 9.35. The molecule has 3 atom stereocenters. The fraction of sp³-hybridized carbons (Fsp3) is 0.524. The van der Waals surface area contributed by atoms with E-state index in [4.69, 9.17) is 18.9 Å². The van der Waals surface area contributed by atoms with Crippen molar-refractivity contribution in [2.45, 2.75) is 65.8 Å². The van der Waals surface area contributed by atoms with Crippen molar-refractivity contribution in [1.29, 1.82) is 0 Å². The molecule has 8 nitrogen and oxygen atoms in total. The van der Waals surface area contributed by atoms with E-state index in [1.807, 2.05) is 0 Å². The van der Waals surface area contributed by atoms with Crippen LogP contribution in [0.3, 0.4) is 0 Å². The minimum Gasteiger partial charge on any atom is -0.463 e. The summed E-state index contributed by atoms with van der Waals surface area (Å²) in [7, 11) is 0. The van der Waals surface area contributed by atoms with E-state index >= 15 is 0 Å². The van der Waals surface area contributed by atoms with Gasteiger partial charge in [0.2, 0.25) is 0 Å². The lowest BCUT2D eigenvalue weighted by Gasteiger charge is -2.16. The zero-order valence-corrected chi connectivity index (χ0v) is 17.6. The second kappa shape index (κ2) is 15.1. The summed E-state index contributed by atoms with van der Waals surface area (Å²) in [4.78, 5) is 44.8. The number of hydrogen-bond donors (Lipinski definition) is 0. The molecular weight excluding hydrogens is 380 g/mol. The number of ether oxygens (including phenoxy) is 4. The van der Waals surface area contributed by atoms with Gasteiger partial charge < -0.3 is 18.9 Å². The molecule has 0 aliphatic carbocycles. The summed E-state index contributed by atoms with van der Waals surface area (Å²) in [6, 6.07) is 0. The van der Waals surface area contributed by atoms with E-state index in [9.17, 15) is 19.2 Å². The number of rotatable bonds is 12. The molecule has 0 heterocycles. The molecule has 29 heavy (non-hydrogen) atoms. The maximum Gasteiger partial charge on any atom is 0.330 e. The number of allylic oxidation sites excluding steroid dienone is 2. The average Bonchev–Trinajstić information content (AvgIpc) is 2.59. The van der Waals surface area contributed by atoms with E-state index in [0.717, 1.165) is 0 Å². The third-order valence-electron chi connectivity index (χ3n) is 3.29. The molecule has 0 aliphatic rings. The summed E-state index contributed by atoms with van der Waals surface area (Å²) in [5.41, 5.74) is 0. The molecule has 0 aromatic rings. The molecule has 0 saturated carbocycles. The molecule has 162 valence electrons. The summed E-state index contributed by atoms with van der Waals surface area (Å²) >= 11 is 0. The second-order valence-electron chi connectivity index (χ2n) is 6.10. The van der Waals surface area contributed by atoms with Crippen LogP contribution in [0.5, 0.6) is 0 Å². The summed E-state index contributed by atoms with van der Waals surface area (Å²) in [6.45, 7) is 7.59. The molecule has 0 fully saturated rings. The molecule has 8 heteroatoms. The summed E-state index contributed by atoms with van der Waals surface area (Å²) in [6.07, 6.45) is 8.48. The maximum absolute atomic E-state index is 11.4. The fourth-order valence-electron chi connectivity index (χ4n) is 2.21. The van der Waals surface area contributed by atoms with Gasteiger partial charge >= 0.3 is 23.9 Å². The van der Waals surface area contributed by atoms with Gasteiger partial charge in [0.25, 0.3) is 0 Å². The third kappa shape index (κ3) is 15.8. The third-order valence-corrected chi connectivity index (χ3v) is 3.29. The van der Waals surface area contributed by atoms with Crippen LogP contribution < -0.4 is 0 Å². The molecule has 0 rings (SSSR count). The Kier molecular flexibility index (Phi) is 13.6. The Balaban J connectivity index is 4.93. The van der Waals surface area contributed by atoms with Crippen molar-refractivity contribution in [3.63, 3.8) is 0 Å². The predicted octanol–water partition coefficient (Wildman–Crippen LogP) is 2.81. The maximum atomic E-state index is 11.4. The molecule has 0 saturated heterocycles. The van der Waals surface area contributed by atoms with Crippen molar-refractivity contribution in [2.24, 2.45) is 0 Å². The summed E-state index contributed by atoms with van der Waals surface area (Å²) in [5, 5.41) is 0. The highest BCUT2D eigenvalue weighted by Gasteiger charge is 2.12. The number of carbonyl (C=O) groups excluding carboxylic acids is 4. The van der Waals surface area contributed by atoms with Gasteiger partial charge in [-0.1, -0.05) is 12.2 Å². The number of esters is 4. The van der Waals surface area contributed by atoms with Crippen LogP contribution in [0.2, 0.25) is 0 Å². The average molecular weight is 410 g/mol. The predicted molar refractivity (Wildman–Crippen MR) is 106 cm³/mol. The Morgan fingerprint density at radius 1 is 0.793 bits per heavy atom. The minimum atomic E-state index is -0.752. The minimum absolute atomic E-state index is 0.244. The lowest BCUT2D eigenvalue weighted by atomic mass is 10.1. The van der Waals surface area contributed by atoms with Gasteiger partial charge in [-0.05, 0) is 44.9 Å². The summed E-state index contributed by atoms with van der Waals surface area (Å²) in [5.74, 6) is -1.84. The van der Waals surface area contributed by atoms with E-state index < -0.39 is 30.1 Å². The number of carbonyl (C=O) groups is 4. The molecule has 0 aromatic carbocycles. The standard InChI is InChI=1S/C21H30O8/c1-6-26-21(25)14-13-20(29-18(5)24)10-8-7-9-19(28-17(4)23)12-11-15(2)27-16(3)22/h7-10,13-15,19-20H,6,11-12H2,1-5H3/b9-7+,10-8+,14-13+. The van der Waals surface area contributed by atoms with E-state index in [1.54, 1.807) is 38.2 Å². The lowest BCUT2D eigenvalue weighted by molar-refractivity contribution is -0.148. The molecule has 0 amide bonds. The van der Waals surface area contributed by atoms with Crippen molar-refractivity contribution < 1.29 is 38.1 Å². The van der Waals surface area contributed by atoms with Crippen LogP contribution >= 0.6 is 0 Å². The Hall–Kier alpha value is -2.90. The Morgan fingerprint density at radius 2 is 1.38 bits per heavy atom. The van der Waals surface area contributed by atoms with Gasteiger partial charge in [-0.25, -0.2) is 4.79 Å². The fourth-order valence-corrected chi connectivity index (χ4v) is 2.21. The topological polar surface area (TPSA) is 105 Å². The number of hydrogen-bond acceptors (Lipinski definition) is 8. The van der Waals surface area contributed by atoms with Crippen molar-refractivity contribution in [3.8, 4) is 0 Å². The van der Waals surface area contributed by atoms with Crippen LogP contribution in [0.1, 0.15) is 47.5 Å². The van der Waals surface area contributed by atoms with E-state index in [-0.39, 0.29) is 18.7 Å². The summed E-state index contributed by atoms with van der Waals surface area (Å²) < 4.78 is 20.1. The molecule has 3 unspecified atom stereocenters. The molecule has 0 spiro atoms. The molecule has 0 aromatic heterocycles. The van der Waals surface area contributed by atoms with Gasteiger partial charge in [0, 0.05) is 26.8 Å². The Morgan fingerprint density at radius 3 is 1.93 bits per heavy atom. The largest absolute Gasteiger partial charge is 0.463 e. The molecular formula is C21H30O8. The van der Waals surface area contributed by atoms with Crippen LogP contribution in [0, 0.1) is 0 Å². The second-order valence-corrected chi connectivity index (χ2v) is 6.10. The van der Waals surface area contributed by atoms with Gasteiger partial charge in [-0.2, -0.15) is 0 Å². The first-order chi connectivity index (χ1) is 13.6. The van der Waals surface area contributed by atoms with Crippen LogP contribution in [-0.2, 0) is 38.1 Å². The molecule has 0 bridgehead atoms. The zero-order chi connectivity index (χ0) is 22.2. The molecule has 0 N–H and O–H groups in total. The van der Waals surface area contributed by atoms with Gasteiger partial charge in [0.1, 0.15) is 12.2 Å². The van der Waals surface area contributed by atoms with E-state index in [0.29, 0.717) is 12.8 Å². The Bertz CT molecular complexity index is 633. The van der Waals surface area contributed by atoms with E-state index in [1.165, 1.54) is 32.9 Å². The van der Waals surface area contributed by atoms with Crippen LogP contribution in [-0.4, -0.2) is 48.8 Å². The first kappa shape index (κ1) is 26.1. The van der Waals surface area contributed by atoms with Crippen molar-refractivity contribution >= 4 is 23.9 Å². The van der Waals surface area contributed by atoms with Gasteiger partial charge in [0.05, 0.1) is 12.7 Å². The zero-order valence-electron chi connectivity index (χ0n) is 17.6. The van der Waals surface area contributed by atoms with Crippen LogP contribution in [0.25, 0.3) is 0 Å². The van der Waals surface area contributed by atoms with Crippen LogP contribution in [0.15, 0.2) is 36.5 Å². The monoisotopic (exact) mass is 410 g/mol. The highest BCUT2D eigenvalue weighted by molar-refractivity contribution is 5.82. The molecule has 0 radical (unpaired) electrons. The SMILES string of the molecule is CCOC(=O)/C=C/C(/C=C/C=C/C(CCC(C)OC(C)=O)OC(C)=O)OC(C)=O. The quantitative estimate of drug-likeness (QED) is 0.209. The highest BCUT2D eigenvalue weighted by atomic mass is 16.6. The van der Waals surface area contributed by atoms with Gasteiger partial charge in [-0.15, -0.1) is 0 Å². The Labute approximate surface area is 171 Å². The molecule has 0 aliphatic heterocycles. The van der Waals surface area contributed by atoms with Gasteiger partial charge in [-0.3, -0.25) is 14.4 Å². The van der Waals surface area contributed by atoms with Crippen molar-refractivity contribution in [2.75, 3.05) is 6.61 Å². The highest BCUT2D eigenvalue weighted by Crippen LogP contribution is 2.10. The lowest BCUT2D eigenvalue weighted by Crippen LogP contribution is -2.18.